The number of rotatable bonds is 0. The van der Waals surface area contributed by atoms with Gasteiger partial charge in [0, 0.05) is 11.4 Å². The van der Waals surface area contributed by atoms with Crippen molar-refractivity contribution in [2.75, 3.05) is 0 Å². The first-order valence-electron chi connectivity index (χ1n) is 5.18. The fraction of sp³-hybridized carbons (Fsp3) is 0.231. The Kier molecular flexibility index (Phi) is 1.69. The van der Waals surface area contributed by atoms with E-state index in [1.54, 1.807) is 0 Å². The quantitative estimate of drug-likeness (QED) is 0.608. The van der Waals surface area contributed by atoms with E-state index in [9.17, 15) is 0 Å². The minimum absolute atomic E-state index is 1.06. The van der Waals surface area contributed by atoms with E-state index in [0.29, 0.717) is 0 Å². The smallest absolute Gasteiger partial charge is 0.0417 e. The zero-order chi connectivity index (χ0) is 9.38. The van der Waals surface area contributed by atoms with Gasteiger partial charge in [-0.2, -0.15) is 0 Å². The summed E-state index contributed by atoms with van der Waals surface area (Å²) in [5.41, 5.74) is 5.47. The standard InChI is InChI=1S/C13H13N/c1-3-7-12-10(5-1)9-11-6-2-4-8-13(11)14-12/h1-3,6-7,9,14H,4-5,8H2. The third kappa shape index (κ3) is 1.17. The van der Waals surface area contributed by atoms with E-state index in [2.05, 4.69) is 41.8 Å². The van der Waals surface area contributed by atoms with Gasteiger partial charge in [-0.15, -0.1) is 0 Å². The van der Waals surface area contributed by atoms with Crippen molar-refractivity contribution in [1.29, 1.82) is 0 Å². The highest BCUT2D eigenvalue weighted by atomic mass is 14.9. The second kappa shape index (κ2) is 3.02. The predicted octanol–water partition coefficient (Wildman–Crippen LogP) is 2.96. The van der Waals surface area contributed by atoms with Crippen LogP contribution in [0, 0.1) is 0 Å². The minimum Gasteiger partial charge on any atom is -0.358 e. The summed E-state index contributed by atoms with van der Waals surface area (Å²) in [5.74, 6) is 0. The third-order valence-electron chi connectivity index (χ3n) is 2.90. The Bertz CT molecular complexity index is 417. The van der Waals surface area contributed by atoms with Gasteiger partial charge in [0.15, 0.2) is 0 Å². The van der Waals surface area contributed by atoms with Gasteiger partial charge in [0.1, 0.15) is 0 Å². The maximum Gasteiger partial charge on any atom is 0.0417 e. The molecule has 1 aliphatic heterocycles. The molecule has 1 N–H and O–H groups in total. The van der Waals surface area contributed by atoms with E-state index in [4.69, 9.17) is 0 Å². The molecule has 0 saturated carbocycles. The maximum atomic E-state index is 3.53. The second-order valence-corrected chi connectivity index (χ2v) is 3.88. The van der Waals surface area contributed by atoms with Gasteiger partial charge in [-0.1, -0.05) is 24.3 Å². The second-order valence-electron chi connectivity index (χ2n) is 3.88. The van der Waals surface area contributed by atoms with E-state index in [0.717, 1.165) is 19.3 Å². The summed E-state index contributed by atoms with van der Waals surface area (Å²) in [6.07, 6.45) is 16.7. The molecule has 0 atom stereocenters. The van der Waals surface area contributed by atoms with Crippen LogP contribution in [-0.2, 0) is 0 Å². The van der Waals surface area contributed by atoms with Crippen molar-refractivity contribution in [3.05, 3.63) is 59.0 Å². The molecule has 2 aliphatic carbocycles. The van der Waals surface area contributed by atoms with Crippen LogP contribution in [0.2, 0.25) is 0 Å². The Balaban J connectivity index is 2.04. The molecule has 0 unspecified atom stereocenters. The molecule has 0 saturated heterocycles. The summed E-state index contributed by atoms with van der Waals surface area (Å²) < 4.78 is 0. The van der Waals surface area contributed by atoms with Crippen LogP contribution in [0.1, 0.15) is 19.3 Å². The molecular formula is C13H13N. The zero-order valence-electron chi connectivity index (χ0n) is 8.09. The Morgan fingerprint density at radius 1 is 1.21 bits per heavy atom. The lowest BCUT2D eigenvalue weighted by atomic mass is 9.92. The first kappa shape index (κ1) is 7.86. The summed E-state index contributed by atoms with van der Waals surface area (Å²) in [6, 6.07) is 0. The average Bonchev–Trinajstić information content (AvgIpc) is 2.26. The van der Waals surface area contributed by atoms with E-state index >= 15 is 0 Å². The number of allylic oxidation sites excluding steroid dienone is 9. The highest BCUT2D eigenvalue weighted by Gasteiger charge is 2.17. The van der Waals surface area contributed by atoms with E-state index in [1.807, 2.05) is 0 Å². The molecule has 0 aromatic heterocycles. The van der Waals surface area contributed by atoms with Gasteiger partial charge in [0.2, 0.25) is 0 Å². The molecule has 0 fully saturated rings. The molecule has 0 bridgehead atoms. The third-order valence-corrected chi connectivity index (χ3v) is 2.90. The Labute approximate surface area is 84.2 Å². The first-order chi connectivity index (χ1) is 6.93. The highest BCUT2D eigenvalue weighted by Crippen LogP contribution is 2.29. The SMILES string of the molecule is C1=CCC2=CC3=C(CCC=C3)NC2=C1. The molecule has 3 aliphatic rings. The fourth-order valence-corrected chi connectivity index (χ4v) is 2.14. The average molecular weight is 183 g/mol. The van der Waals surface area contributed by atoms with Crippen LogP contribution in [-0.4, -0.2) is 0 Å². The maximum absolute atomic E-state index is 3.53. The van der Waals surface area contributed by atoms with Gasteiger partial charge in [0.05, 0.1) is 0 Å². The Morgan fingerprint density at radius 3 is 3.21 bits per heavy atom. The number of hydrogen-bond donors (Lipinski definition) is 1. The molecular weight excluding hydrogens is 170 g/mol. The molecule has 70 valence electrons. The van der Waals surface area contributed by atoms with Gasteiger partial charge in [-0.05, 0) is 42.6 Å². The van der Waals surface area contributed by atoms with Crippen LogP contribution < -0.4 is 5.32 Å². The lowest BCUT2D eigenvalue weighted by molar-refractivity contribution is 0.809. The van der Waals surface area contributed by atoms with Crippen molar-refractivity contribution in [2.24, 2.45) is 0 Å². The molecule has 1 heteroatoms. The summed E-state index contributed by atoms with van der Waals surface area (Å²) in [5, 5.41) is 3.53. The van der Waals surface area contributed by atoms with Crippen molar-refractivity contribution in [1.82, 2.24) is 5.32 Å². The molecule has 3 rings (SSSR count). The van der Waals surface area contributed by atoms with Crippen molar-refractivity contribution >= 4 is 0 Å². The van der Waals surface area contributed by atoms with Crippen molar-refractivity contribution in [3.63, 3.8) is 0 Å². The molecule has 0 aromatic rings. The van der Waals surface area contributed by atoms with Gasteiger partial charge in [0.25, 0.3) is 0 Å². The van der Waals surface area contributed by atoms with E-state index < -0.39 is 0 Å². The predicted molar refractivity (Wildman–Crippen MR) is 58.5 cm³/mol. The van der Waals surface area contributed by atoms with Crippen LogP contribution in [0.4, 0.5) is 0 Å². The Hall–Kier alpha value is -1.50. The van der Waals surface area contributed by atoms with Crippen LogP contribution in [0.3, 0.4) is 0 Å². The molecule has 1 heterocycles. The summed E-state index contributed by atoms with van der Waals surface area (Å²) >= 11 is 0. The van der Waals surface area contributed by atoms with Crippen LogP contribution >= 0.6 is 0 Å². The van der Waals surface area contributed by atoms with Crippen LogP contribution in [0.5, 0.6) is 0 Å². The summed E-state index contributed by atoms with van der Waals surface area (Å²) in [4.78, 5) is 0. The Morgan fingerprint density at radius 2 is 2.21 bits per heavy atom. The highest BCUT2D eigenvalue weighted by molar-refractivity contribution is 5.53. The summed E-state index contributed by atoms with van der Waals surface area (Å²) in [7, 11) is 0. The molecule has 14 heavy (non-hydrogen) atoms. The van der Waals surface area contributed by atoms with Gasteiger partial charge >= 0.3 is 0 Å². The van der Waals surface area contributed by atoms with Crippen molar-refractivity contribution in [3.8, 4) is 0 Å². The molecule has 0 aromatic carbocycles. The van der Waals surface area contributed by atoms with Gasteiger partial charge in [-0.25, -0.2) is 0 Å². The molecule has 0 radical (unpaired) electrons. The normalized spacial score (nSPS) is 23.4. The fourth-order valence-electron chi connectivity index (χ4n) is 2.14. The van der Waals surface area contributed by atoms with Crippen molar-refractivity contribution < 1.29 is 0 Å². The number of hydrogen-bond acceptors (Lipinski definition) is 1. The lowest BCUT2D eigenvalue weighted by Gasteiger charge is -2.26. The zero-order valence-corrected chi connectivity index (χ0v) is 8.09. The number of fused-ring (bicyclic) bond motifs is 1. The van der Waals surface area contributed by atoms with Gasteiger partial charge < -0.3 is 5.32 Å². The van der Waals surface area contributed by atoms with Crippen molar-refractivity contribution in [2.45, 2.75) is 19.3 Å². The molecule has 0 spiro atoms. The number of dihydropyridines is 1. The van der Waals surface area contributed by atoms with Gasteiger partial charge in [-0.3, -0.25) is 0 Å². The topological polar surface area (TPSA) is 12.0 Å². The minimum atomic E-state index is 1.06. The first-order valence-corrected chi connectivity index (χ1v) is 5.18. The largest absolute Gasteiger partial charge is 0.358 e. The molecule has 1 nitrogen and oxygen atoms in total. The van der Waals surface area contributed by atoms with Crippen LogP contribution in [0.15, 0.2) is 59.0 Å². The lowest BCUT2D eigenvalue weighted by Crippen LogP contribution is -2.21. The summed E-state index contributed by atoms with van der Waals surface area (Å²) in [6.45, 7) is 0. The number of nitrogens with one attached hydrogen (secondary N) is 1. The monoisotopic (exact) mass is 183 g/mol. The van der Waals surface area contributed by atoms with E-state index in [-0.39, 0.29) is 0 Å². The van der Waals surface area contributed by atoms with Crippen LogP contribution in [0.25, 0.3) is 0 Å². The van der Waals surface area contributed by atoms with E-state index in [1.165, 1.54) is 22.5 Å². The molecule has 0 amide bonds.